The highest BCUT2D eigenvalue weighted by Gasteiger charge is 2.33. The summed E-state index contributed by atoms with van der Waals surface area (Å²) >= 11 is 1.75. The largest absolute Gasteiger partial charge is 0.378 e. The lowest BCUT2D eigenvalue weighted by atomic mass is 10.1. The molecule has 1 N–H and O–H groups in total. The van der Waals surface area contributed by atoms with Gasteiger partial charge in [-0.25, -0.2) is 0 Å². The quantitative estimate of drug-likeness (QED) is 0.733. The van der Waals surface area contributed by atoms with E-state index < -0.39 is 0 Å². The van der Waals surface area contributed by atoms with Crippen LogP contribution in [0.1, 0.15) is 37.0 Å². The lowest BCUT2D eigenvalue weighted by Crippen LogP contribution is -2.45. The maximum absolute atomic E-state index is 12.5. The Bertz CT molecular complexity index is 602. The fourth-order valence-electron chi connectivity index (χ4n) is 3.92. The highest BCUT2D eigenvalue weighted by Crippen LogP contribution is 2.25. The van der Waals surface area contributed by atoms with Gasteiger partial charge in [-0.15, -0.1) is 11.3 Å². The number of nitrogens with zero attached hydrogens (tertiary/aromatic N) is 2. The van der Waals surface area contributed by atoms with Crippen LogP contribution in [-0.2, 0) is 20.7 Å². The highest BCUT2D eigenvalue weighted by molar-refractivity contribution is 7.09. The number of likely N-dealkylation sites (N-methyl/N-ethyl adjacent to an activating group) is 1. The molecule has 2 fully saturated rings. The van der Waals surface area contributed by atoms with E-state index in [-0.39, 0.29) is 17.9 Å². The number of rotatable bonds is 8. The van der Waals surface area contributed by atoms with Crippen molar-refractivity contribution in [3.8, 4) is 0 Å². The molecule has 0 unspecified atom stereocenters. The number of hydrogen-bond donors (Lipinski definition) is 1. The summed E-state index contributed by atoms with van der Waals surface area (Å²) in [5.74, 6) is 0.362. The topological polar surface area (TPSA) is 61.9 Å². The van der Waals surface area contributed by atoms with Crippen LogP contribution in [0.25, 0.3) is 0 Å². The van der Waals surface area contributed by atoms with Crippen molar-refractivity contribution in [2.75, 3.05) is 39.9 Å². The molecule has 2 atom stereocenters. The molecule has 2 aliphatic heterocycles. The van der Waals surface area contributed by atoms with Gasteiger partial charge >= 0.3 is 0 Å². The van der Waals surface area contributed by atoms with Crippen LogP contribution in [0.4, 0.5) is 0 Å². The maximum atomic E-state index is 12.5. The molecule has 2 amide bonds. The Kier molecular flexibility index (Phi) is 7.67. The zero-order chi connectivity index (χ0) is 19.1. The van der Waals surface area contributed by atoms with Gasteiger partial charge in [-0.1, -0.05) is 6.07 Å². The number of nitrogens with one attached hydrogen (secondary N) is 1. The fraction of sp³-hybridized carbons (Fsp3) is 0.700. The summed E-state index contributed by atoms with van der Waals surface area (Å²) in [5, 5.41) is 5.16. The van der Waals surface area contributed by atoms with Crippen molar-refractivity contribution in [1.29, 1.82) is 0 Å². The molecule has 27 heavy (non-hydrogen) atoms. The monoisotopic (exact) mass is 393 g/mol. The molecule has 3 heterocycles. The Labute approximate surface area is 165 Å². The molecule has 0 aliphatic carbocycles. The average Bonchev–Trinajstić information content (AvgIpc) is 3.32. The first-order valence-corrected chi connectivity index (χ1v) is 10.9. The Balaban J connectivity index is 1.33. The Morgan fingerprint density at radius 1 is 1.26 bits per heavy atom. The molecular formula is C20H31N3O3S. The summed E-state index contributed by atoms with van der Waals surface area (Å²) in [6.07, 6.45) is 5.07. The maximum Gasteiger partial charge on any atom is 0.224 e. The summed E-state index contributed by atoms with van der Waals surface area (Å²) in [4.78, 5) is 30.1. The van der Waals surface area contributed by atoms with Crippen LogP contribution in [0.15, 0.2) is 17.5 Å². The SMILES string of the molecule is CN1[C@@H](CC(=O)N2CCOCC2)CC[C@H]1CNC(=O)CCCc1cccs1. The van der Waals surface area contributed by atoms with Crippen molar-refractivity contribution < 1.29 is 14.3 Å². The molecule has 150 valence electrons. The second kappa shape index (κ2) is 10.2. The van der Waals surface area contributed by atoms with E-state index in [0.29, 0.717) is 51.7 Å². The predicted octanol–water partition coefficient (Wildman–Crippen LogP) is 1.90. The van der Waals surface area contributed by atoms with E-state index in [1.807, 2.05) is 4.90 Å². The van der Waals surface area contributed by atoms with Crippen LogP contribution >= 0.6 is 11.3 Å². The normalized spacial score (nSPS) is 23.5. The van der Waals surface area contributed by atoms with Crippen LogP contribution in [0.5, 0.6) is 0 Å². The molecular weight excluding hydrogens is 362 g/mol. The smallest absolute Gasteiger partial charge is 0.224 e. The number of thiophene rings is 1. The molecule has 6 nitrogen and oxygen atoms in total. The third-order valence-corrected chi connectivity index (χ3v) is 6.64. The first-order valence-electron chi connectivity index (χ1n) is 10.00. The molecule has 0 spiro atoms. The number of morpholine rings is 1. The second-order valence-electron chi connectivity index (χ2n) is 7.48. The zero-order valence-corrected chi connectivity index (χ0v) is 17.0. The minimum absolute atomic E-state index is 0.132. The van der Waals surface area contributed by atoms with E-state index >= 15 is 0 Å². The van der Waals surface area contributed by atoms with Gasteiger partial charge in [0.2, 0.25) is 11.8 Å². The lowest BCUT2D eigenvalue weighted by Gasteiger charge is -2.30. The number of carbonyl (C=O) groups excluding carboxylic acids is 2. The molecule has 0 saturated carbocycles. The number of amides is 2. The lowest BCUT2D eigenvalue weighted by molar-refractivity contribution is -0.136. The minimum Gasteiger partial charge on any atom is -0.378 e. The minimum atomic E-state index is 0.132. The summed E-state index contributed by atoms with van der Waals surface area (Å²) in [6.45, 7) is 3.39. The zero-order valence-electron chi connectivity index (χ0n) is 16.2. The molecule has 0 radical (unpaired) electrons. The summed E-state index contributed by atoms with van der Waals surface area (Å²) in [6, 6.07) is 4.78. The van der Waals surface area contributed by atoms with Crippen LogP contribution in [-0.4, -0.2) is 73.6 Å². The average molecular weight is 394 g/mol. The van der Waals surface area contributed by atoms with E-state index in [2.05, 4.69) is 34.8 Å². The van der Waals surface area contributed by atoms with Crippen molar-refractivity contribution in [1.82, 2.24) is 15.1 Å². The van der Waals surface area contributed by atoms with Crippen molar-refractivity contribution in [3.63, 3.8) is 0 Å². The van der Waals surface area contributed by atoms with Crippen LogP contribution in [0.2, 0.25) is 0 Å². The van der Waals surface area contributed by atoms with E-state index in [9.17, 15) is 9.59 Å². The van der Waals surface area contributed by atoms with E-state index in [1.165, 1.54) is 4.88 Å². The Morgan fingerprint density at radius 3 is 2.78 bits per heavy atom. The number of ether oxygens (including phenoxy) is 1. The third kappa shape index (κ3) is 6.02. The van der Waals surface area contributed by atoms with E-state index in [0.717, 1.165) is 25.7 Å². The van der Waals surface area contributed by atoms with Gasteiger partial charge in [-0.2, -0.15) is 0 Å². The van der Waals surface area contributed by atoms with Crippen molar-refractivity contribution >= 4 is 23.2 Å². The predicted molar refractivity (Wildman–Crippen MR) is 107 cm³/mol. The molecule has 2 saturated heterocycles. The standard InChI is InChI=1S/C20H31N3O3S/c1-22-16(14-20(25)23-9-11-26-12-10-23)7-8-17(22)15-21-19(24)6-2-4-18-5-3-13-27-18/h3,5,13,16-17H,2,4,6-12,14-15H2,1H3,(H,21,24)/t16-,17+/m1/s1. The van der Waals surface area contributed by atoms with Crippen LogP contribution in [0.3, 0.4) is 0 Å². The van der Waals surface area contributed by atoms with Gasteiger partial charge in [0.05, 0.1) is 13.2 Å². The number of aryl methyl sites for hydroxylation is 1. The molecule has 0 bridgehead atoms. The van der Waals surface area contributed by atoms with Gasteiger partial charge in [0.15, 0.2) is 0 Å². The second-order valence-corrected chi connectivity index (χ2v) is 8.52. The molecule has 2 aliphatic rings. The first kappa shape index (κ1) is 20.3. The third-order valence-electron chi connectivity index (χ3n) is 5.70. The van der Waals surface area contributed by atoms with Gasteiger partial charge in [0, 0.05) is 49.4 Å². The van der Waals surface area contributed by atoms with Crippen molar-refractivity contribution in [2.45, 2.75) is 50.6 Å². The van der Waals surface area contributed by atoms with Crippen molar-refractivity contribution in [3.05, 3.63) is 22.4 Å². The number of hydrogen-bond acceptors (Lipinski definition) is 5. The van der Waals surface area contributed by atoms with E-state index in [4.69, 9.17) is 4.74 Å². The Morgan fingerprint density at radius 2 is 2.04 bits per heavy atom. The number of likely N-dealkylation sites (tertiary alicyclic amines) is 1. The Hall–Kier alpha value is -1.44. The molecule has 3 rings (SSSR count). The first-order chi connectivity index (χ1) is 13.1. The van der Waals surface area contributed by atoms with Gasteiger partial charge < -0.3 is 15.0 Å². The van der Waals surface area contributed by atoms with Gasteiger partial charge in [0.25, 0.3) is 0 Å². The van der Waals surface area contributed by atoms with Gasteiger partial charge in [0.1, 0.15) is 0 Å². The van der Waals surface area contributed by atoms with Crippen LogP contribution in [0, 0.1) is 0 Å². The molecule has 1 aromatic heterocycles. The van der Waals surface area contributed by atoms with Crippen LogP contribution < -0.4 is 5.32 Å². The molecule has 7 heteroatoms. The summed E-state index contributed by atoms with van der Waals surface area (Å²) < 4.78 is 5.32. The molecule has 1 aromatic rings. The summed E-state index contributed by atoms with van der Waals surface area (Å²) in [7, 11) is 2.08. The van der Waals surface area contributed by atoms with Gasteiger partial charge in [-0.05, 0) is 44.2 Å². The molecule has 0 aromatic carbocycles. The van der Waals surface area contributed by atoms with E-state index in [1.54, 1.807) is 11.3 Å². The van der Waals surface area contributed by atoms with Crippen molar-refractivity contribution in [2.24, 2.45) is 0 Å². The fourth-order valence-corrected chi connectivity index (χ4v) is 4.68. The highest BCUT2D eigenvalue weighted by atomic mass is 32.1. The number of carbonyl (C=O) groups is 2. The van der Waals surface area contributed by atoms with Gasteiger partial charge in [-0.3, -0.25) is 14.5 Å². The summed E-state index contributed by atoms with van der Waals surface area (Å²) in [5.41, 5.74) is 0.